The zero-order chi connectivity index (χ0) is 45.8. The normalized spacial score (nSPS) is 20.4. The van der Waals surface area contributed by atoms with Crippen molar-refractivity contribution in [2.45, 2.75) is 102 Å². The Morgan fingerprint density at radius 3 is 2.39 bits per heavy atom. The number of ether oxygens (including phenoxy) is 1. The summed E-state index contributed by atoms with van der Waals surface area (Å²) in [5.74, 6) is -0.788. The lowest BCUT2D eigenvalue weighted by molar-refractivity contribution is -0.0593. The van der Waals surface area contributed by atoms with Crippen molar-refractivity contribution in [3.8, 4) is 17.2 Å². The Morgan fingerprint density at radius 2 is 1.70 bits per heavy atom. The number of carbonyl (C=O) groups excluding carboxylic acids is 1. The van der Waals surface area contributed by atoms with Gasteiger partial charge in [-0.1, -0.05) is 5.16 Å². The molecule has 1 N–H and O–H groups in total. The highest BCUT2D eigenvalue weighted by Crippen LogP contribution is 2.57. The SMILES string of the molecule is Cc1cc(-n2nc3c(c2-n2ccn(-c4ccc5c(cnn5C)c4F)c2=O)[C@H](C)N(C(=O)c2cc4cc(C5CCOC(C)(C)C5)ccn4c2C2(c4noc(=O)[nH]4)CC2)CC32CC2)cc(C)c1F. The number of imidazole rings is 1. The van der Waals surface area contributed by atoms with Gasteiger partial charge in [0.1, 0.15) is 11.6 Å². The summed E-state index contributed by atoms with van der Waals surface area (Å²) in [6.07, 6.45) is 11.1. The van der Waals surface area contributed by atoms with Crippen molar-refractivity contribution < 1.29 is 22.8 Å². The number of aromatic nitrogens is 9. The molecule has 66 heavy (non-hydrogen) atoms. The number of aryl methyl sites for hydroxylation is 3. The third-order valence-electron chi connectivity index (χ3n) is 14.9. The molecule has 1 unspecified atom stereocenters. The number of hydrogen-bond donors (Lipinski definition) is 1. The second-order valence-electron chi connectivity index (χ2n) is 19.7. The van der Waals surface area contributed by atoms with E-state index in [9.17, 15) is 9.59 Å². The molecule has 15 nitrogen and oxygen atoms in total. The summed E-state index contributed by atoms with van der Waals surface area (Å²) in [4.78, 5) is 47.7. The minimum absolute atomic E-state index is 0.0515. The van der Waals surface area contributed by atoms with Crippen LogP contribution in [0.2, 0.25) is 0 Å². The summed E-state index contributed by atoms with van der Waals surface area (Å²) in [6, 6.07) is 12.3. The Balaban J connectivity index is 1.03. The van der Waals surface area contributed by atoms with Crippen molar-refractivity contribution in [2.24, 2.45) is 7.05 Å². The first kappa shape index (κ1) is 40.6. The monoisotopic (exact) mass is 894 g/mol. The van der Waals surface area contributed by atoms with Crippen LogP contribution in [-0.4, -0.2) is 72.8 Å². The van der Waals surface area contributed by atoms with Gasteiger partial charge in [-0.2, -0.15) is 10.2 Å². The van der Waals surface area contributed by atoms with Crippen molar-refractivity contribution in [1.82, 2.24) is 48.1 Å². The molecule has 338 valence electrons. The van der Waals surface area contributed by atoms with Gasteiger partial charge in [-0.15, -0.1) is 0 Å². The lowest BCUT2D eigenvalue weighted by Crippen LogP contribution is -2.44. The Bertz CT molecular complexity index is 3460. The molecular weight excluding hydrogens is 847 g/mol. The van der Waals surface area contributed by atoms with Gasteiger partial charge in [-0.3, -0.25) is 28.1 Å². The van der Waals surface area contributed by atoms with Crippen molar-refractivity contribution in [1.29, 1.82) is 0 Å². The molecular formula is C49H48F2N10O5. The maximum Gasteiger partial charge on any atom is 0.438 e. The number of halogens is 2. The minimum atomic E-state index is -0.772. The smallest absolute Gasteiger partial charge is 0.376 e. The standard InChI is InChI=1S/C49H48F2N10O5/c1-26-19-32(20-27(2)38(26)50)61-42(59-17-16-58(46(59)64)36-8-7-35-34(39(36)51)24-52-56(35)6)37-28(3)60(25-48(11-12-48)40(37)54-61)43(62)33-22-31-21-29(30-10-18-65-47(4,5)23-30)9-15-57(31)41(33)49(13-14-49)44-53-45(63)66-55-44/h7-9,15-17,19-22,24,28,30H,10-14,18,23,25H2,1-6H3,(H,53,55,63)/t28-,30?/m0/s1. The van der Waals surface area contributed by atoms with Crippen LogP contribution in [0.5, 0.6) is 0 Å². The molecule has 0 radical (unpaired) electrons. The van der Waals surface area contributed by atoms with Crippen molar-refractivity contribution >= 4 is 22.3 Å². The van der Waals surface area contributed by atoms with Crippen molar-refractivity contribution in [2.75, 3.05) is 13.2 Å². The molecule has 4 aliphatic rings. The Kier molecular flexibility index (Phi) is 8.51. The van der Waals surface area contributed by atoms with E-state index in [1.807, 2.05) is 24.1 Å². The van der Waals surface area contributed by atoms with Crippen molar-refractivity contribution in [3.05, 3.63) is 145 Å². The fourth-order valence-electron chi connectivity index (χ4n) is 11.2. The predicted molar refractivity (Wildman–Crippen MR) is 239 cm³/mol. The quantitative estimate of drug-likeness (QED) is 0.172. The maximum atomic E-state index is 16.2. The van der Waals surface area contributed by atoms with Gasteiger partial charge in [-0.05, 0) is 138 Å². The molecule has 1 spiro atoms. The fourth-order valence-corrected chi connectivity index (χ4v) is 11.2. The van der Waals surface area contributed by atoms with Gasteiger partial charge in [0.05, 0.1) is 56.8 Å². The number of nitrogens with zero attached hydrogens (tertiary/aromatic N) is 9. The zero-order valence-corrected chi connectivity index (χ0v) is 37.5. The summed E-state index contributed by atoms with van der Waals surface area (Å²) >= 11 is 0. The Morgan fingerprint density at radius 1 is 0.939 bits per heavy atom. The largest absolute Gasteiger partial charge is 0.438 e. The zero-order valence-electron chi connectivity index (χ0n) is 37.5. The Hall–Kier alpha value is -6.88. The van der Waals surface area contributed by atoms with Gasteiger partial charge in [-0.25, -0.2) is 23.1 Å². The first-order chi connectivity index (χ1) is 31.6. The van der Waals surface area contributed by atoms with E-state index >= 15 is 13.6 Å². The number of rotatable bonds is 7. The fraction of sp³-hybridized carbons (Fsp3) is 0.388. The molecule has 1 amide bonds. The molecule has 6 aromatic heterocycles. The van der Waals surface area contributed by atoms with E-state index in [1.54, 1.807) is 60.7 Å². The highest BCUT2D eigenvalue weighted by atomic mass is 19.1. The number of pyridine rings is 1. The second-order valence-corrected chi connectivity index (χ2v) is 19.7. The van der Waals surface area contributed by atoms with Crippen LogP contribution < -0.4 is 11.4 Å². The molecule has 2 aromatic carbocycles. The van der Waals surface area contributed by atoms with Crippen LogP contribution >= 0.6 is 0 Å². The average molecular weight is 895 g/mol. The molecule has 2 saturated carbocycles. The predicted octanol–water partition coefficient (Wildman–Crippen LogP) is 7.53. The van der Waals surface area contributed by atoms with Crippen LogP contribution in [-0.2, 0) is 22.6 Å². The molecule has 8 heterocycles. The lowest BCUT2D eigenvalue weighted by Gasteiger charge is -2.38. The average Bonchev–Trinajstić information content (AvgIpc) is 3.88. The second kappa shape index (κ2) is 13.8. The molecule has 2 aliphatic heterocycles. The Labute approximate surface area is 376 Å². The van der Waals surface area contributed by atoms with Crippen LogP contribution in [0.1, 0.15) is 121 Å². The van der Waals surface area contributed by atoms with E-state index < -0.39 is 34.1 Å². The van der Waals surface area contributed by atoms with E-state index in [0.717, 1.165) is 48.2 Å². The van der Waals surface area contributed by atoms with Crippen LogP contribution in [0.25, 0.3) is 33.6 Å². The molecule has 17 heteroatoms. The lowest BCUT2D eigenvalue weighted by atomic mass is 9.84. The van der Waals surface area contributed by atoms with E-state index in [1.165, 1.54) is 21.5 Å². The first-order valence-corrected chi connectivity index (χ1v) is 22.6. The van der Waals surface area contributed by atoms with Gasteiger partial charge in [0, 0.05) is 61.0 Å². The molecule has 3 fully saturated rings. The summed E-state index contributed by atoms with van der Waals surface area (Å²) in [6.45, 7) is 10.6. The van der Waals surface area contributed by atoms with Crippen LogP contribution in [0.15, 0.2) is 81.4 Å². The van der Waals surface area contributed by atoms with Gasteiger partial charge >= 0.3 is 11.4 Å². The third-order valence-corrected chi connectivity index (χ3v) is 14.9. The number of fused-ring (bicyclic) bond motifs is 4. The summed E-state index contributed by atoms with van der Waals surface area (Å²) in [5.41, 5.74) is 4.53. The van der Waals surface area contributed by atoms with Gasteiger partial charge in [0.15, 0.2) is 11.6 Å². The van der Waals surface area contributed by atoms with E-state index in [-0.39, 0.29) is 34.3 Å². The number of nitrogens with one attached hydrogen (secondary N) is 1. The topological polar surface area (TPSA) is 155 Å². The van der Waals surface area contributed by atoms with E-state index in [0.29, 0.717) is 71.1 Å². The molecule has 1 saturated heterocycles. The molecule has 2 atom stereocenters. The van der Waals surface area contributed by atoms with E-state index in [2.05, 4.69) is 45.6 Å². The maximum absolute atomic E-state index is 16.2. The van der Waals surface area contributed by atoms with Crippen LogP contribution in [0.4, 0.5) is 8.78 Å². The molecule has 12 rings (SSSR count). The van der Waals surface area contributed by atoms with Crippen molar-refractivity contribution in [3.63, 3.8) is 0 Å². The third kappa shape index (κ3) is 5.87. The van der Waals surface area contributed by atoms with Gasteiger partial charge < -0.3 is 14.0 Å². The number of benzene rings is 2. The highest BCUT2D eigenvalue weighted by Gasteiger charge is 2.58. The first-order valence-electron chi connectivity index (χ1n) is 22.6. The summed E-state index contributed by atoms with van der Waals surface area (Å²) < 4.78 is 50.6. The number of hydrogen-bond acceptors (Lipinski definition) is 8. The number of amides is 1. The number of H-pyrrole nitrogens is 1. The minimum Gasteiger partial charge on any atom is -0.376 e. The molecule has 8 aromatic rings. The van der Waals surface area contributed by atoms with Gasteiger partial charge in [0.25, 0.3) is 5.91 Å². The number of aromatic amines is 1. The molecule has 0 bridgehead atoms. The highest BCUT2D eigenvalue weighted by molar-refractivity contribution is 5.99. The summed E-state index contributed by atoms with van der Waals surface area (Å²) in [7, 11) is 1.72. The van der Waals surface area contributed by atoms with Crippen LogP contribution in [0.3, 0.4) is 0 Å². The van der Waals surface area contributed by atoms with Crippen LogP contribution in [0, 0.1) is 25.5 Å². The number of carbonyl (C=O) groups is 1. The summed E-state index contributed by atoms with van der Waals surface area (Å²) in [5, 5.41) is 13.9. The molecule has 2 aliphatic carbocycles. The van der Waals surface area contributed by atoms with E-state index in [4.69, 9.17) is 14.4 Å². The van der Waals surface area contributed by atoms with Gasteiger partial charge in [0.2, 0.25) is 0 Å².